The summed E-state index contributed by atoms with van der Waals surface area (Å²) < 4.78 is 79.8. The third-order valence-corrected chi connectivity index (χ3v) is 7.08. The van der Waals surface area contributed by atoms with Gasteiger partial charge >= 0.3 is 0 Å². The number of sulfone groups is 1. The van der Waals surface area contributed by atoms with Crippen molar-refractivity contribution in [1.29, 1.82) is 0 Å². The van der Waals surface area contributed by atoms with Crippen LogP contribution in [0.3, 0.4) is 0 Å². The van der Waals surface area contributed by atoms with E-state index in [1.807, 2.05) is 0 Å². The van der Waals surface area contributed by atoms with Crippen LogP contribution in [0.4, 0.5) is 5.69 Å². The topological polar surface area (TPSA) is 175 Å². The molecule has 0 fully saturated rings. The Kier molecular flexibility index (Phi) is 4.69. The highest BCUT2D eigenvalue weighted by molar-refractivity contribution is 7.91. The molecule has 0 bridgehead atoms. The van der Waals surface area contributed by atoms with Crippen LogP contribution >= 0.6 is 0 Å². The molecule has 136 valence electrons. The van der Waals surface area contributed by atoms with Gasteiger partial charge in [-0.05, 0) is 42.8 Å². The molecule has 2 rings (SSSR count). The van der Waals surface area contributed by atoms with Crippen molar-refractivity contribution in [1.82, 2.24) is 0 Å². The lowest BCUT2D eigenvalue weighted by Crippen LogP contribution is -2.14. The van der Waals surface area contributed by atoms with E-state index < -0.39 is 44.7 Å². The van der Waals surface area contributed by atoms with Crippen molar-refractivity contribution in [2.24, 2.45) is 5.14 Å². The molecule has 5 N–H and O–H groups in total. The number of nitrogens with two attached hydrogens (primary N) is 2. The maximum absolute atomic E-state index is 12.7. The molecule has 0 amide bonds. The zero-order valence-corrected chi connectivity index (χ0v) is 15.2. The van der Waals surface area contributed by atoms with E-state index in [4.69, 9.17) is 10.9 Å². The van der Waals surface area contributed by atoms with E-state index >= 15 is 0 Å². The Bertz CT molecular complexity index is 1170. The highest BCUT2D eigenvalue weighted by Gasteiger charge is 2.25. The monoisotopic (exact) mass is 406 g/mol. The van der Waals surface area contributed by atoms with Gasteiger partial charge in [0.05, 0.1) is 25.3 Å². The Labute approximate surface area is 145 Å². The van der Waals surface area contributed by atoms with Crippen LogP contribution < -0.4 is 10.9 Å². The molecule has 12 heteroatoms. The molecule has 0 unspecified atom stereocenters. The van der Waals surface area contributed by atoms with E-state index in [0.29, 0.717) is 0 Å². The molecule has 0 heterocycles. The smallest absolute Gasteiger partial charge is 0.294 e. The minimum absolute atomic E-state index is 0.152. The van der Waals surface area contributed by atoms with Crippen LogP contribution in [0.2, 0.25) is 0 Å². The van der Waals surface area contributed by atoms with Crippen LogP contribution in [-0.2, 0) is 30.0 Å². The number of nitrogen functional groups attached to an aromatic ring is 1. The van der Waals surface area contributed by atoms with Crippen molar-refractivity contribution in [3.05, 3.63) is 42.0 Å². The van der Waals surface area contributed by atoms with Gasteiger partial charge in [-0.2, -0.15) is 8.42 Å². The zero-order chi connectivity index (χ0) is 19.2. The van der Waals surface area contributed by atoms with Crippen molar-refractivity contribution >= 4 is 35.7 Å². The summed E-state index contributed by atoms with van der Waals surface area (Å²) in [5.74, 6) is 0. The van der Waals surface area contributed by atoms with E-state index in [1.54, 1.807) is 0 Å². The number of rotatable bonds is 4. The summed E-state index contributed by atoms with van der Waals surface area (Å²) in [6.07, 6.45) is 0. The van der Waals surface area contributed by atoms with Crippen LogP contribution in [0.15, 0.2) is 56.0 Å². The number of anilines is 1. The predicted molar refractivity (Wildman–Crippen MR) is 88.7 cm³/mol. The van der Waals surface area contributed by atoms with Gasteiger partial charge in [-0.1, -0.05) is 6.07 Å². The highest BCUT2D eigenvalue weighted by Crippen LogP contribution is 2.29. The van der Waals surface area contributed by atoms with E-state index in [2.05, 4.69) is 0 Å². The molecular weight excluding hydrogens is 392 g/mol. The van der Waals surface area contributed by atoms with Crippen molar-refractivity contribution in [2.45, 2.75) is 26.5 Å². The molecule has 0 aliphatic heterocycles. The molecule has 9 nitrogen and oxygen atoms in total. The number of sulfonamides is 1. The molecular formula is C13H14N2O7S3. The number of aryl methyl sites for hydroxylation is 1. The first-order chi connectivity index (χ1) is 11.2. The molecule has 0 saturated carbocycles. The predicted octanol–water partition coefficient (Wildman–Crippen LogP) is 0.304. The van der Waals surface area contributed by atoms with Crippen molar-refractivity contribution in [3.63, 3.8) is 0 Å². The highest BCUT2D eigenvalue weighted by atomic mass is 32.2. The van der Waals surface area contributed by atoms with Gasteiger partial charge in [0.15, 0.2) is 0 Å². The summed E-state index contributed by atoms with van der Waals surface area (Å²) in [5, 5.41) is 4.95. The van der Waals surface area contributed by atoms with Crippen LogP contribution in [0.25, 0.3) is 0 Å². The van der Waals surface area contributed by atoms with Crippen molar-refractivity contribution < 1.29 is 29.8 Å². The average Bonchev–Trinajstić information content (AvgIpc) is 2.44. The summed E-state index contributed by atoms with van der Waals surface area (Å²) in [7, 11) is -13.0. The first kappa shape index (κ1) is 19.3. The summed E-state index contributed by atoms with van der Waals surface area (Å²) >= 11 is 0. The van der Waals surface area contributed by atoms with Crippen LogP contribution in [-0.4, -0.2) is 29.8 Å². The lowest BCUT2D eigenvalue weighted by molar-refractivity contribution is 0.482. The van der Waals surface area contributed by atoms with Crippen LogP contribution in [0.1, 0.15) is 5.56 Å². The van der Waals surface area contributed by atoms with Crippen LogP contribution in [0.5, 0.6) is 0 Å². The molecule has 0 aliphatic carbocycles. The molecule has 2 aromatic rings. The fraction of sp³-hybridized carbons (Fsp3) is 0.0769. The first-order valence-corrected chi connectivity index (χ1v) is 11.0. The number of benzene rings is 2. The lowest BCUT2D eigenvalue weighted by atomic mass is 10.2. The molecule has 0 saturated heterocycles. The minimum Gasteiger partial charge on any atom is -0.398 e. The molecule has 0 radical (unpaired) electrons. The van der Waals surface area contributed by atoms with Crippen molar-refractivity contribution in [2.75, 3.05) is 5.73 Å². The Morgan fingerprint density at radius 1 is 0.840 bits per heavy atom. The van der Waals surface area contributed by atoms with Gasteiger partial charge < -0.3 is 5.73 Å². The fourth-order valence-electron chi connectivity index (χ4n) is 2.10. The maximum Gasteiger partial charge on any atom is 0.294 e. The fourth-order valence-corrected chi connectivity index (χ4v) is 4.87. The van der Waals surface area contributed by atoms with Gasteiger partial charge in [-0.15, -0.1) is 0 Å². The second kappa shape index (κ2) is 6.07. The zero-order valence-electron chi connectivity index (χ0n) is 12.7. The van der Waals surface area contributed by atoms with Crippen molar-refractivity contribution in [3.8, 4) is 0 Å². The third-order valence-electron chi connectivity index (χ3n) is 3.35. The summed E-state index contributed by atoms with van der Waals surface area (Å²) in [6.45, 7) is 1.38. The Balaban J connectivity index is 2.69. The average molecular weight is 406 g/mol. The van der Waals surface area contributed by atoms with E-state index in [9.17, 15) is 29.8 Å². The number of primary sulfonamides is 1. The first-order valence-electron chi connectivity index (χ1n) is 6.50. The van der Waals surface area contributed by atoms with Gasteiger partial charge in [-0.3, -0.25) is 4.55 Å². The quantitative estimate of drug-likeness (QED) is 0.480. The molecule has 0 aromatic heterocycles. The van der Waals surface area contributed by atoms with Crippen LogP contribution in [0, 0.1) is 6.92 Å². The van der Waals surface area contributed by atoms with E-state index in [0.717, 1.165) is 30.3 Å². The van der Waals surface area contributed by atoms with Gasteiger partial charge in [0.25, 0.3) is 10.1 Å². The number of hydrogen-bond acceptors (Lipinski definition) is 7. The van der Waals surface area contributed by atoms with Gasteiger partial charge in [0, 0.05) is 0 Å². The molecule has 25 heavy (non-hydrogen) atoms. The van der Waals surface area contributed by atoms with Gasteiger partial charge in [-0.25, -0.2) is 22.0 Å². The van der Waals surface area contributed by atoms with Gasteiger partial charge in [0.1, 0.15) is 0 Å². The third kappa shape index (κ3) is 3.82. The largest absolute Gasteiger partial charge is 0.398 e. The Morgan fingerprint density at radius 2 is 1.40 bits per heavy atom. The maximum atomic E-state index is 12.7. The molecule has 0 aliphatic rings. The molecule has 0 spiro atoms. The molecule has 2 aromatic carbocycles. The summed E-state index contributed by atoms with van der Waals surface area (Å²) in [4.78, 5) is -1.79. The number of hydrogen-bond donors (Lipinski definition) is 3. The van der Waals surface area contributed by atoms with Gasteiger partial charge in [0.2, 0.25) is 19.9 Å². The lowest BCUT2D eigenvalue weighted by Gasteiger charge is -2.11. The summed E-state index contributed by atoms with van der Waals surface area (Å²) in [5.41, 5.74) is 5.41. The normalized spacial score (nSPS) is 12.9. The van der Waals surface area contributed by atoms with E-state index in [-0.39, 0.29) is 16.1 Å². The molecule has 0 atom stereocenters. The second-order valence-corrected chi connectivity index (χ2v) is 10.0. The summed E-state index contributed by atoms with van der Waals surface area (Å²) in [6, 6.07) is 5.97. The standard InChI is InChI=1S/C13H14N2O7S3/c1-8-2-3-9(7-13(8)25(20,21)22)23(16,17)12-5-4-10(6-11(12)14)24(15,18)19/h2-7H,14H2,1H3,(H2,15,18,19)(H,20,21,22). The minimum atomic E-state index is -4.63. The Morgan fingerprint density at radius 3 is 1.88 bits per heavy atom. The van der Waals surface area contributed by atoms with E-state index in [1.165, 1.54) is 13.0 Å². The second-order valence-electron chi connectivity index (χ2n) is 5.15. The Hall–Kier alpha value is -1.99. The SMILES string of the molecule is Cc1ccc(S(=O)(=O)c2ccc(S(N)(=O)=O)cc2N)cc1S(=O)(=O)O.